The summed E-state index contributed by atoms with van der Waals surface area (Å²) in [6.07, 6.45) is 1.16. The Kier molecular flexibility index (Phi) is 5.86. The number of piperidine rings is 1. The van der Waals surface area contributed by atoms with Crippen molar-refractivity contribution in [2.24, 2.45) is 13.0 Å². The minimum atomic E-state index is -4.15. The second-order valence-corrected chi connectivity index (χ2v) is 7.73. The van der Waals surface area contributed by atoms with Gasteiger partial charge in [-0.15, -0.1) is 5.10 Å². The van der Waals surface area contributed by atoms with Gasteiger partial charge in [0.1, 0.15) is 11.5 Å². The molecule has 0 radical (unpaired) electrons. The van der Waals surface area contributed by atoms with Crippen molar-refractivity contribution < 1.29 is 18.0 Å². The Morgan fingerprint density at radius 1 is 1.13 bits per heavy atom. The highest BCUT2D eigenvalue weighted by Gasteiger charge is 2.30. The molecule has 4 heterocycles. The molecule has 1 N–H and O–H groups in total. The summed E-state index contributed by atoms with van der Waals surface area (Å²) in [6, 6.07) is 3.63. The number of alkyl halides is 3. The van der Waals surface area contributed by atoms with E-state index in [0.717, 1.165) is 10.8 Å². The predicted molar refractivity (Wildman–Crippen MR) is 108 cm³/mol. The fourth-order valence-electron chi connectivity index (χ4n) is 3.64. The van der Waals surface area contributed by atoms with Crippen LogP contribution in [0.15, 0.2) is 30.7 Å². The largest absolute Gasteiger partial charge is 0.390 e. The highest BCUT2D eigenvalue weighted by molar-refractivity contribution is 5.94. The molecule has 0 aliphatic carbocycles. The molecule has 0 atom stereocenters. The van der Waals surface area contributed by atoms with Gasteiger partial charge in [0.25, 0.3) is 0 Å². The van der Waals surface area contributed by atoms with E-state index in [1.165, 1.54) is 0 Å². The van der Waals surface area contributed by atoms with Gasteiger partial charge in [0.15, 0.2) is 0 Å². The average Bonchev–Trinajstić information content (AvgIpc) is 3.18. The first-order chi connectivity index (χ1) is 14.8. The van der Waals surface area contributed by atoms with Gasteiger partial charge in [0.2, 0.25) is 5.91 Å². The maximum atomic E-state index is 12.6. The molecule has 1 aliphatic heterocycles. The molecule has 3 aromatic heterocycles. The lowest BCUT2D eigenvalue weighted by molar-refractivity contribution is -0.139. The van der Waals surface area contributed by atoms with Crippen molar-refractivity contribution in [3.63, 3.8) is 0 Å². The molecule has 8 nitrogen and oxygen atoms in total. The van der Waals surface area contributed by atoms with E-state index >= 15 is 0 Å². The van der Waals surface area contributed by atoms with Crippen molar-refractivity contribution in [2.75, 3.05) is 25.0 Å². The molecule has 1 aliphatic rings. The number of nitrogens with zero attached hydrogens (tertiary/aromatic N) is 6. The number of nitrogens with one attached hydrogen (secondary N) is 1. The normalized spacial score (nSPS) is 16.0. The van der Waals surface area contributed by atoms with E-state index in [4.69, 9.17) is 0 Å². The van der Waals surface area contributed by atoms with Crippen LogP contribution in [0.5, 0.6) is 0 Å². The second kappa shape index (κ2) is 8.58. The Bertz CT molecular complexity index is 1070. The van der Waals surface area contributed by atoms with Gasteiger partial charge in [-0.3, -0.25) is 14.5 Å². The van der Waals surface area contributed by atoms with E-state index in [1.807, 2.05) is 6.07 Å². The van der Waals surface area contributed by atoms with Gasteiger partial charge in [-0.05, 0) is 43.5 Å². The van der Waals surface area contributed by atoms with Crippen LogP contribution in [0.2, 0.25) is 0 Å². The summed E-state index contributed by atoms with van der Waals surface area (Å²) >= 11 is 0. The quantitative estimate of drug-likeness (QED) is 0.666. The van der Waals surface area contributed by atoms with E-state index in [9.17, 15) is 18.0 Å². The number of likely N-dealkylation sites (tertiary alicyclic amines) is 1. The van der Waals surface area contributed by atoms with Crippen LogP contribution in [0.4, 0.5) is 19.0 Å². The first-order valence-corrected chi connectivity index (χ1v) is 9.99. The van der Waals surface area contributed by atoms with Gasteiger partial charge < -0.3 is 10.2 Å². The molecule has 3 aromatic rings. The van der Waals surface area contributed by atoms with Crippen molar-refractivity contribution in [3.8, 4) is 11.4 Å². The Balaban J connectivity index is 1.38. The molecule has 164 valence electrons. The lowest BCUT2D eigenvalue weighted by Crippen LogP contribution is -2.39. The fourth-order valence-corrected chi connectivity index (χ4v) is 3.64. The summed E-state index contributed by atoms with van der Waals surface area (Å²) in [5, 5.41) is 12.5. The number of fused-ring (bicyclic) bond motifs is 1. The van der Waals surface area contributed by atoms with Gasteiger partial charge in [0.05, 0.1) is 18.3 Å². The molecule has 1 fully saturated rings. The standard InChI is InChI=1S/C20H22F3N7O/c1-29-12-17(27-28-29)16-8-14-9-18(25-11-15(14)10-24-16)26-19(31)13-2-5-30(6-3-13)7-4-20(21,22)23/h8-13H,2-7H2,1H3,(H,25,26,31). The van der Waals surface area contributed by atoms with Crippen molar-refractivity contribution in [3.05, 3.63) is 30.7 Å². The Morgan fingerprint density at radius 2 is 1.87 bits per heavy atom. The third-order valence-corrected chi connectivity index (χ3v) is 5.39. The zero-order valence-corrected chi connectivity index (χ0v) is 16.9. The Labute approximate surface area is 176 Å². The molecular weight excluding hydrogens is 411 g/mol. The molecule has 0 unspecified atom stereocenters. The highest BCUT2D eigenvalue weighted by Crippen LogP contribution is 2.25. The number of amides is 1. The number of pyridine rings is 2. The first-order valence-electron chi connectivity index (χ1n) is 9.99. The zero-order chi connectivity index (χ0) is 22.0. The van der Waals surface area contributed by atoms with Gasteiger partial charge in [-0.25, -0.2) is 4.98 Å². The number of rotatable bonds is 5. The van der Waals surface area contributed by atoms with E-state index < -0.39 is 12.6 Å². The van der Waals surface area contributed by atoms with Crippen molar-refractivity contribution in [1.82, 2.24) is 29.9 Å². The monoisotopic (exact) mass is 433 g/mol. The number of aryl methyl sites for hydroxylation is 1. The molecule has 31 heavy (non-hydrogen) atoms. The average molecular weight is 433 g/mol. The summed E-state index contributed by atoms with van der Waals surface area (Å²) in [4.78, 5) is 23.0. The molecule has 11 heteroatoms. The summed E-state index contributed by atoms with van der Waals surface area (Å²) in [7, 11) is 1.77. The number of anilines is 1. The molecule has 1 amide bonds. The van der Waals surface area contributed by atoms with Crippen LogP contribution in [-0.2, 0) is 11.8 Å². The third-order valence-electron chi connectivity index (χ3n) is 5.39. The first kappa shape index (κ1) is 21.2. The molecule has 0 bridgehead atoms. The van der Waals surface area contributed by atoms with Gasteiger partial charge in [0, 0.05) is 37.3 Å². The third kappa shape index (κ3) is 5.35. The molecule has 1 saturated heterocycles. The minimum Gasteiger partial charge on any atom is -0.310 e. The number of carbonyl (C=O) groups is 1. The number of aromatic nitrogens is 5. The highest BCUT2D eigenvalue weighted by atomic mass is 19.4. The van der Waals surface area contributed by atoms with E-state index in [1.54, 1.807) is 41.3 Å². The lowest BCUT2D eigenvalue weighted by Gasteiger charge is -2.31. The van der Waals surface area contributed by atoms with E-state index in [-0.39, 0.29) is 18.4 Å². The maximum Gasteiger partial charge on any atom is 0.390 e. The number of carbonyl (C=O) groups excluding carboxylic acids is 1. The lowest BCUT2D eigenvalue weighted by atomic mass is 9.96. The predicted octanol–water partition coefficient (Wildman–Crippen LogP) is 3.03. The fraction of sp³-hybridized carbons (Fsp3) is 0.450. The SMILES string of the molecule is Cn1cc(-c2cc3cc(NC(=O)C4CCN(CCC(F)(F)F)CC4)ncc3cn2)nn1. The molecular formula is C20H22F3N7O. The van der Waals surface area contributed by atoms with Crippen LogP contribution in [-0.4, -0.2) is 61.6 Å². The molecule has 0 spiro atoms. The number of halogens is 3. The van der Waals surface area contributed by atoms with Crippen LogP contribution in [0.25, 0.3) is 22.2 Å². The van der Waals surface area contributed by atoms with Crippen LogP contribution in [0, 0.1) is 5.92 Å². The van der Waals surface area contributed by atoms with Crippen LogP contribution >= 0.6 is 0 Å². The van der Waals surface area contributed by atoms with Gasteiger partial charge >= 0.3 is 6.18 Å². The van der Waals surface area contributed by atoms with Gasteiger partial charge in [-0.2, -0.15) is 13.2 Å². The summed E-state index contributed by atoms with van der Waals surface area (Å²) in [6.45, 7) is 0.936. The van der Waals surface area contributed by atoms with E-state index in [0.29, 0.717) is 43.1 Å². The summed E-state index contributed by atoms with van der Waals surface area (Å²) < 4.78 is 38.7. The van der Waals surface area contributed by atoms with Crippen molar-refractivity contribution in [2.45, 2.75) is 25.4 Å². The smallest absolute Gasteiger partial charge is 0.310 e. The van der Waals surface area contributed by atoms with Crippen LogP contribution in [0.1, 0.15) is 19.3 Å². The molecule has 4 rings (SSSR count). The molecule has 0 aromatic carbocycles. The van der Waals surface area contributed by atoms with Gasteiger partial charge in [-0.1, -0.05) is 5.21 Å². The maximum absolute atomic E-state index is 12.6. The van der Waals surface area contributed by atoms with Crippen molar-refractivity contribution in [1.29, 1.82) is 0 Å². The minimum absolute atomic E-state index is 0.0216. The summed E-state index contributed by atoms with van der Waals surface area (Å²) in [5.41, 5.74) is 1.30. The van der Waals surface area contributed by atoms with Crippen LogP contribution in [0.3, 0.4) is 0 Å². The Morgan fingerprint density at radius 3 is 2.55 bits per heavy atom. The second-order valence-electron chi connectivity index (χ2n) is 7.73. The van der Waals surface area contributed by atoms with Crippen LogP contribution < -0.4 is 5.32 Å². The number of hydrogen-bond acceptors (Lipinski definition) is 6. The zero-order valence-electron chi connectivity index (χ0n) is 16.9. The van der Waals surface area contributed by atoms with Crippen molar-refractivity contribution >= 4 is 22.5 Å². The van der Waals surface area contributed by atoms with E-state index in [2.05, 4.69) is 25.6 Å². The summed E-state index contributed by atoms with van der Waals surface area (Å²) in [5.74, 6) is 0.0195. The molecule has 0 saturated carbocycles. The topological polar surface area (TPSA) is 88.8 Å². The Hall–Kier alpha value is -3.08. The number of hydrogen-bond donors (Lipinski definition) is 1.